The lowest BCUT2D eigenvalue weighted by atomic mass is 9.95. The van der Waals surface area contributed by atoms with Gasteiger partial charge >= 0.3 is 0 Å². The summed E-state index contributed by atoms with van der Waals surface area (Å²) >= 11 is 0. The van der Waals surface area contributed by atoms with Crippen LogP contribution in [0.4, 0.5) is 0 Å². The van der Waals surface area contributed by atoms with Crippen LogP contribution in [-0.4, -0.2) is 40.9 Å². The molecule has 1 N–H and O–H groups in total. The van der Waals surface area contributed by atoms with Crippen molar-refractivity contribution in [2.45, 2.75) is 26.8 Å². The molecule has 0 spiro atoms. The number of carbonyl (C=O) groups excluding carboxylic acids is 1. The number of hydrogen-bond donors (Lipinski definition) is 1. The van der Waals surface area contributed by atoms with E-state index in [4.69, 9.17) is 9.47 Å². The molecule has 7 heteroatoms. The second kappa shape index (κ2) is 6.90. The topological polar surface area (TPSA) is 78.3 Å². The van der Waals surface area contributed by atoms with Crippen LogP contribution in [0.2, 0.25) is 0 Å². The van der Waals surface area contributed by atoms with Gasteiger partial charge in [0.15, 0.2) is 11.5 Å². The second-order valence-corrected chi connectivity index (χ2v) is 5.88. The molecule has 2 aromatic rings. The number of nitrogens with one attached hydrogen (secondary N) is 1. The van der Waals surface area contributed by atoms with Gasteiger partial charge in [0.05, 0.1) is 19.6 Å². The van der Waals surface area contributed by atoms with Crippen LogP contribution in [0, 0.1) is 19.8 Å². The first-order chi connectivity index (χ1) is 11.6. The van der Waals surface area contributed by atoms with E-state index in [0.29, 0.717) is 31.9 Å². The van der Waals surface area contributed by atoms with Gasteiger partial charge in [-0.3, -0.25) is 4.79 Å². The molecular formula is C17H22N4O3. The van der Waals surface area contributed by atoms with E-state index in [9.17, 15) is 4.79 Å². The van der Waals surface area contributed by atoms with Gasteiger partial charge in [0.25, 0.3) is 0 Å². The van der Waals surface area contributed by atoms with Crippen LogP contribution in [0.5, 0.6) is 11.5 Å². The quantitative estimate of drug-likeness (QED) is 0.893. The Hall–Kier alpha value is -2.57. The Morgan fingerprint density at radius 2 is 2.29 bits per heavy atom. The number of amides is 1. The summed E-state index contributed by atoms with van der Waals surface area (Å²) in [6, 6.07) is 5.75. The fourth-order valence-electron chi connectivity index (χ4n) is 2.93. The molecule has 0 fully saturated rings. The highest BCUT2D eigenvalue weighted by Crippen LogP contribution is 2.35. The minimum atomic E-state index is -0.191. The normalized spacial score (nSPS) is 16.2. The molecule has 0 aliphatic carbocycles. The average Bonchev–Trinajstić information content (AvgIpc) is 2.91. The van der Waals surface area contributed by atoms with E-state index in [1.807, 2.05) is 32.0 Å². The smallest absolute Gasteiger partial charge is 0.226 e. The van der Waals surface area contributed by atoms with E-state index in [1.54, 1.807) is 11.8 Å². The molecule has 1 aliphatic rings. The van der Waals surface area contributed by atoms with E-state index in [-0.39, 0.29) is 11.8 Å². The van der Waals surface area contributed by atoms with E-state index >= 15 is 0 Å². The molecular weight excluding hydrogens is 308 g/mol. The summed E-state index contributed by atoms with van der Waals surface area (Å²) in [5.41, 5.74) is 1.00. The molecule has 1 atom stereocenters. The van der Waals surface area contributed by atoms with Crippen LogP contribution >= 0.6 is 0 Å². The Bertz CT molecular complexity index is 741. The van der Waals surface area contributed by atoms with Gasteiger partial charge in [0.2, 0.25) is 5.91 Å². The van der Waals surface area contributed by atoms with Crippen LogP contribution in [-0.2, 0) is 17.8 Å². The van der Waals surface area contributed by atoms with Crippen LogP contribution < -0.4 is 14.8 Å². The number of nitrogens with zero attached hydrogens (tertiary/aromatic N) is 3. The van der Waals surface area contributed by atoms with Crippen molar-refractivity contribution in [1.82, 2.24) is 20.1 Å². The maximum absolute atomic E-state index is 12.4. The van der Waals surface area contributed by atoms with Gasteiger partial charge in [-0.25, -0.2) is 9.67 Å². The highest BCUT2D eigenvalue weighted by molar-refractivity contribution is 5.79. The molecule has 2 heterocycles. The summed E-state index contributed by atoms with van der Waals surface area (Å²) in [4.78, 5) is 16.6. The van der Waals surface area contributed by atoms with Gasteiger partial charge in [0.1, 0.15) is 18.3 Å². The number of methoxy groups -OCH3 is 1. The second-order valence-electron chi connectivity index (χ2n) is 5.88. The number of aryl methyl sites for hydroxylation is 2. The number of carbonyl (C=O) groups is 1. The zero-order valence-corrected chi connectivity index (χ0v) is 14.2. The predicted molar refractivity (Wildman–Crippen MR) is 88.2 cm³/mol. The van der Waals surface area contributed by atoms with Crippen molar-refractivity contribution >= 4 is 5.91 Å². The molecule has 7 nitrogen and oxygen atoms in total. The minimum Gasteiger partial charge on any atom is -0.493 e. The molecule has 0 bridgehead atoms. The molecule has 1 aliphatic heterocycles. The molecule has 128 valence electrons. The summed E-state index contributed by atoms with van der Waals surface area (Å²) in [6.07, 6.45) is 0.653. The van der Waals surface area contributed by atoms with Gasteiger partial charge < -0.3 is 14.8 Å². The summed E-state index contributed by atoms with van der Waals surface area (Å²) < 4.78 is 12.8. The van der Waals surface area contributed by atoms with Gasteiger partial charge in [-0.15, -0.1) is 0 Å². The van der Waals surface area contributed by atoms with E-state index in [2.05, 4.69) is 15.4 Å². The molecule has 1 amide bonds. The van der Waals surface area contributed by atoms with E-state index in [0.717, 1.165) is 23.0 Å². The Morgan fingerprint density at radius 1 is 1.46 bits per heavy atom. The summed E-state index contributed by atoms with van der Waals surface area (Å²) in [5.74, 6) is 2.86. The van der Waals surface area contributed by atoms with Crippen LogP contribution in [0.15, 0.2) is 18.2 Å². The first-order valence-corrected chi connectivity index (χ1v) is 8.03. The van der Waals surface area contributed by atoms with Crippen molar-refractivity contribution in [2.75, 3.05) is 20.3 Å². The lowest BCUT2D eigenvalue weighted by molar-refractivity contribution is -0.126. The maximum Gasteiger partial charge on any atom is 0.226 e. The molecule has 3 rings (SSSR count). The Labute approximate surface area is 141 Å². The highest BCUT2D eigenvalue weighted by Gasteiger charge is 2.27. The fourth-order valence-corrected chi connectivity index (χ4v) is 2.93. The number of hydrogen-bond acceptors (Lipinski definition) is 5. The third-order valence-corrected chi connectivity index (χ3v) is 4.13. The minimum absolute atomic E-state index is 0.00189. The van der Waals surface area contributed by atoms with E-state index in [1.165, 1.54) is 0 Å². The third-order valence-electron chi connectivity index (χ3n) is 4.13. The summed E-state index contributed by atoms with van der Waals surface area (Å²) in [6.45, 7) is 5.25. The van der Waals surface area contributed by atoms with Gasteiger partial charge in [-0.1, -0.05) is 12.1 Å². The number of ether oxygens (including phenoxy) is 2. The summed E-state index contributed by atoms with van der Waals surface area (Å²) in [5, 5.41) is 7.24. The average molecular weight is 330 g/mol. The Balaban J connectivity index is 1.55. The molecule has 0 saturated heterocycles. The zero-order valence-electron chi connectivity index (χ0n) is 14.2. The van der Waals surface area contributed by atoms with Gasteiger partial charge in [0, 0.05) is 6.54 Å². The van der Waals surface area contributed by atoms with Crippen LogP contribution in [0.25, 0.3) is 0 Å². The van der Waals surface area contributed by atoms with Crippen molar-refractivity contribution in [2.24, 2.45) is 5.92 Å². The highest BCUT2D eigenvalue weighted by atomic mass is 16.5. The molecule has 0 radical (unpaired) electrons. The number of rotatable bonds is 5. The lowest BCUT2D eigenvalue weighted by Gasteiger charge is -2.25. The fraction of sp³-hybridized carbons (Fsp3) is 0.471. The van der Waals surface area contributed by atoms with Crippen LogP contribution in [0.3, 0.4) is 0 Å². The standard InChI is InChI=1S/C17H22N4O3/c1-11-19-12(2)21(20-11)8-7-18-17(22)14-9-13-5-4-6-15(23-3)16(13)24-10-14/h4-6,14H,7-10H2,1-3H3,(H,18,22)/t14-/m0/s1. The van der Waals surface area contributed by atoms with Crippen LogP contribution in [0.1, 0.15) is 17.2 Å². The van der Waals surface area contributed by atoms with Crippen molar-refractivity contribution in [3.63, 3.8) is 0 Å². The lowest BCUT2D eigenvalue weighted by Crippen LogP contribution is -2.38. The molecule has 0 saturated carbocycles. The first kappa shape index (κ1) is 16.3. The Morgan fingerprint density at radius 3 is 3.00 bits per heavy atom. The third kappa shape index (κ3) is 3.34. The van der Waals surface area contributed by atoms with Gasteiger partial charge in [-0.05, 0) is 31.9 Å². The monoisotopic (exact) mass is 330 g/mol. The maximum atomic E-state index is 12.4. The van der Waals surface area contributed by atoms with Crippen molar-refractivity contribution in [3.8, 4) is 11.5 Å². The van der Waals surface area contributed by atoms with Crippen molar-refractivity contribution < 1.29 is 14.3 Å². The van der Waals surface area contributed by atoms with Crippen molar-refractivity contribution in [3.05, 3.63) is 35.4 Å². The predicted octanol–water partition coefficient (Wildman–Crippen LogP) is 1.27. The summed E-state index contributed by atoms with van der Waals surface area (Å²) in [7, 11) is 1.62. The number of aromatic nitrogens is 3. The number of para-hydroxylation sites is 1. The molecule has 1 aromatic carbocycles. The SMILES string of the molecule is COc1cccc2c1OC[C@@H](C(=O)NCCn1nc(C)nc1C)C2. The molecule has 1 aromatic heterocycles. The largest absolute Gasteiger partial charge is 0.493 e. The number of fused-ring (bicyclic) bond motifs is 1. The Kier molecular flexibility index (Phi) is 4.69. The van der Waals surface area contributed by atoms with E-state index < -0.39 is 0 Å². The molecule has 24 heavy (non-hydrogen) atoms. The zero-order chi connectivity index (χ0) is 17.1. The van der Waals surface area contributed by atoms with Gasteiger partial charge in [-0.2, -0.15) is 5.10 Å². The molecule has 0 unspecified atom stereocenters. The van der Waals surface area contributed by atoms with Crippen molar-refractivity contribution in [1.29, 1.82) is 0 Å². The number of benzene rings is 1. The first-order valence-electron chi connectivity index (χ1n) is 8.03.